The standard InChI is InChI=1S/C26H19FN2O3/c1-29-23-10-9-17(5-3-6-18-11-12-28-24(16-18)32-2)14-21(23)25(30)22(26(29)31)15-19-7-4-8-20(27)13-19/h4,7-16H,6H2,1-2H3. The van der Waals surface area contributed by atoms with E-state index >= 15 is 0 Å². The number of hydrogen-bond acceptors (Lipinski definition) is 4. The second-order valence-electron chi connectivity index (χ2n) is 7.22. The quantitative estimate of drug-likeness (QED) is 0.360. The lowest BCUT2D eigenvalue weighted by atomic mass is 9.92. The fourth-order valence-corrected chi connectivity index (χ4v) is 3.43. The highest BCUT2D eigenvalue weighted by Crippen LogP contribution is 2.31. The zero-order valence-corrected chi connectivity index (χ0v) is 17.6. The van der Waals surface area contributed by atoms with Crippen molar-refractivity contribution >= 4 is 23.5 Å². The molecule has 0 atom stereocenters. The molecule has 0 bridgehead atoms. The predicted octanol–water partition coefficient (Wildman–Crippen LogP) is 4.07. The first-order valence-corrected chi connectivity index (χ1v) is 9.88. The van der Waals surface area contributed by atoms with Crippen LogP contribution < -0.4 is 9.64 Å². The summed E-state index contributed by atoms with van der Waals surface area (Å²) in [4.78, 5) is 31.3. The lowest BCUT2D eigenvalue weighted by Gasteiger charge is -2.26. The van der Waals surface area contributed by atoms with Crippen molar-refractivity contribution in [1.29, 1.82) is 0 Å². The van der Waals surface area contributed by atoms with Crippen LogP contribution in [0.15, 0.2) is 66.4 Å². The largest absolute Gasteiger partial charge is 0.481 e. The fraction of sp³-hybridized carbons (Fsp3) is 0.115. The monoisotopic (exact) mass is 426 g/mol. The first-order chi connectivity index (χ1) is 15.5. The van der Waals surface area contributed by atoms with Crippen molar-refractivity contribution in [2.24, 2.45) is 0 Å². The van der Waals surface area contributed by atoms with E-state index in [0.29, 0.717) is 34.7 Å². The molecule has 4 rings (SSSR count). The SMILES string of the molecule is COc1cc(CC#Cc2ccc3c(c2)C(=O)C(=Cc2cccc(F)c2)C(=O)N3C)ccn1. The Hall–Kier alpha value is -4.24. The Balaban J connectivity index is 1.64. The molecule has 1 amide bonds. The van der Waals surface area contributed by atoms with Crippen LogP contribution in [0, 0.1) is 17.7 Å². The third kappa shape index (κ3) is 4.28. The molecule has 5 nitrogen and oxygen atoms in total. The van der Waals surface area contributed by atoms with Gasteiger partial charge in [0.15, 0.2) is 0 Å². The number of carbonyl (C=O) groups is 2. The first kappa shape index (κ1) is 21.0. The molecule has 0 unspecified atom stereocenters. The Morgan fingerprint density at radius 1 is 1.12 bits per heavy atom. The number of likely N-dealkylation sites (N-methyl/N-ethyl adjacent to an activating group) is 1. The number of fused-ring (bicyclic) bond motifs is 1. The highest BCUT2D eigenvalue weighted by Gasteiger charge is 2.32. The third-order valence-electron chi connectivity index (χ3n) is 5.08. The number of Topliss-reactive ketones (excluding diaryl/α,β-unsaturated/α-hetero) is 1. The molecule has 1 aliphatic heterocycles. The van der Waals surface area contributed by atoms with Gasteiger partial charge in [0.1, 0.15) is 5.82 Å². The molecular weight excluding hydrogens is 407 g/mol. The summed E-state index contributed by atoms with van der Waals surface area (Å²) in [6.45, 7) is 0. The average Bonchev–Trinajstić information content (AvgIpc) is 2.80. The van der Waals surface area contributed by atoms with Gasteiger partial charge in [-0.1, -0.05) is 24.0 Å². The topological polar surface area (TPSA) is 59.5 Å². The van der Waals surface area contributed by atoms with Gasteiger partial charge < -0.3 is 9.64 Å². The van der Waals surface area contributed by atoms with E-state index < -0.39 is 17.5 Å². The minimum Gasteiger partial charge on any atom is -0.481 e. The van der Waals surface area contributed by atoms with Gasteiger partial charge in [0, 0.05) is 36.9 Å². The molecule has 0 radical (unpaired) electrons. The van der Waals surface area contributed by atoms with E-state index in [9.17, 15) is 14.0 Å². The average molecular weight is 426 g/mol. The number of aromatic nitrogens is 1. The van der Waals surface area contributed by atoms with E-state index in [-0.39, 0.29) is 5.57 Å². The maximum absolute atomic E-state index is 13.5. The molecule has 32 heavy (non-hydrogen) atoms. The number of rotatable bonds is 3. The summed E-state index contributed by atoms with van der Waals surface area (Å²) in [5.74, 6) is 5.39. The summed E-state index contributed by atoms with van der Waals surface area (Å²) >= 11 is 0. The van der Waals surface area contributed by atoms with E-state index in [0.717, 1.165) is 5.56 Å². The van der Waals surface area contributed by atoms with Gasteiger partial charge in [-0.3, -0.25) is 9.59 Å². The van der Waals surface area contributed by atoms with Gasteiger partial charge in [0.25, 0.3) is 5.91 Å². The molecular formula is C26H19FN2O3. The summed E-state index contributed by atoms with van der Waals surface area (Å²) in [7, 11) is 3.16. The Labute approximate surface area is 185 Å². The number of ether oxygens (including phenoxy) is 1. The van der Waals surface area contributed by atoms with Crippen LogP contribution in [-0.2, 0) is 11.2 Å². The Bertz CT molecular complexity index is 1320. The molecule has 0 saturated carbocycles. The lowest BCUT2D eigenvalue weighted by Crippen LogP contribution is -2.36. The predicted molar refractivity (Wildman–Crippen MR) is 120 cm³/mol. The lowest BCUT2D eigenvalue weighted by molar-refractivity contribution is -0.114. The van der Waals surface area contributed by atoms with Crippen LogP contribution in [0.2, 0.25) is 0 Å². The second-order valence-corrected chi connectivity index (χ2v) is 7.22. The van der Waals surface area contributed by atoms with E-state index in [1.807, 2.05) is 12.1 Å². The molecule has 0 N–H and O–H groups in total. The van der Waals surface area contributed by atoms with Crippen molar-refractivity contribution < 1.29 is 18.7 Å². The first-order valence-electron chi connectivity index (χ1n) is 9.88. The summed E-state index contributed by atoms with van der Waals surface area (Å²) in [6.07, 6.45) is 3.57. The zero-order chi connectivity index (χ0) is 22.7. The maximum atomic E-state index is 13.5. The zero-order valence-electron chi connectivity index (χ0n) is 17.6. The van der Waals surface area contributed by atoms with Crippen molar-refractivity contribution in [3.8, 4) is 17.7 Å². The molecule has 2 heterocycles. The van der Waals surface area contributed by atoms with Gasteiger partial charge in [-0.05, 0) is 53.6 Å². The summed E-state index contributed by atoms with van der Waals surface area (Å²) < 4.78 is 18.6. The fourth-order valence-electron chi connectivity index (χ4n) is 3.43. The minimum absolute atomic E-state index is 0.0143. The van der Waals surface area contributed by atoms with Crippen molar-refractivity contribution in [3.05, 3.63) is 94.4 Å². The number of nitrogens with zero attached hydrogens (tertiary/aromatic N) is 2. The molecule has 0 saturated heterocycles. The molecule has 1 aromatic heterocycles. The van der Waals surface area contributed by atoms with Crippen LogP contribution in [0.5, 0.6) is 5.88 Å². The van der Waals surface area contributed by atoms with E-state index in [1.165, 1.54) is 29.2 Å². The van der Waals surface area contributed by atoms with Crippen LogP contribution in [0.3, 0.4) is 0 Å². The number of ketones is 1. The van der Waals surface area contributed by atoms with Gasteiger partial charge in [-0.2, -0.15) is 0 Å². The highest BCUT2D eigenvalue weighted by atomic mass is 19.1. The number of anilines is 1. The summed E-state index contributed by atoms with van der Waals surface area (Å²) in [5.41, 5.74) is 2.95. The maximum Gasteiger partial charge on any atom is 0.262 e. The number of pyridine rings is 1. The number of amides is 1. The van der Waals surface area contributed by atoms with Crippen LogP contribution in [0.25, 0.3) is 6.08 Å². The number of benzene rings is 2. The van der Waals surface area contributed by atoms with E-state index in [2.05, 4.69) is 16.8 Å². The van der Waals surface area contributed by atoms with Crippen molar-refractivity contribution in [2.75, 3.05) is 19.1 Å². The molecule has 0 aliphatic carbocycles. The van der Waals surface area contributed by atoms with Crippen LogP contribution >= 0.6 is 0 Å². The van der Waals surface area contributed by atoms with Gasteiger partial charge in [-0.15, -0.1) is 0 Å². The van der Waals surface area contributed by atoms with Gasteiger partial charge in [0.2, 0.25) is 11.7 Å². The van der Waals surface area contributed by atoms with Crippen LogP contribution in [0.1, 0.15) is 27.0 Å². The number of halogens is 1. The van der Waals surface area contributed by atoms with E-state index in [4.69, 9.17) is 4.74 Å². The molecule has 158 valence electrons. The number of hydrogen-bond donors (Lipinski definition) is 0. The summed E-state index contributed by atoms with van der Waals surface area (Å²) in [6, 6.07) is 14.6. The second kappa shape index (κ2) is 8.86. The normalized spacial score (nSPS) is 14.1. The van der Waals surface area contributed by atoms with Crippen molar-refractivity contribution in [2.45, 2.75) is 6.42 Å². The van der Waals surface area contributed by atoms with Crippen LogP contribution in [0.4, 0.5) is 10.1 Å². The van der Waals surface area contributed by atoms with Crippen LogP contribution in [-0.4, -0.2) is 30.8 Å². The minimum atomic E-state index is -0.437. The number of methoxy groups -OCH3 is 1. The Kier molecular flexibility index (Phi) is 5.82. The summed E-state index contributed by atoms with van der Waals surface area (Å²) in [5, 5.41) is 0. The molecule has 6 heteroatoms. The van der Waals surface area contributed by atoms with E-state index in [1.54, 1.807) is 44.6 Å². The Morgan fingerprint density at radius 3 is 2.75 bits per heavy atom. The van der Waals surface area contributed by atoms with Gasteiger partial charge in [-0.25, -0.2) is 9.37 Å². The smallest absolute Gasteiger partial charge is 0.262 e. The molecule has 3 aromatic rings. The third-order valence-corrected chi connectivity index (χ3v) is 5.08. The molecule has 1 aliphatic rings. The van der Waals surface area contributed by atoms with Crippen molar-refractivity contribution in [3.63, 3.8) is 0 Å². The highest BCUT2D eigenvalue weighted by molar-refractivity contribution is 6.36. The van der Waals surface area contributed by atoms with Gasteiger partial charge >= 0.3 is 0 Å². The molecule has 2 aromatic carbocycles. The molecule has 0 spiro atoms. The Morgan fingerprint density at radius 2 is 1.97 bits per heavy atom. The van der Waals surface area contributed by atoms with Crippen molar-refractivity contribution in [1.82, 2.24) is 4.98 Å². The van der Waals surface area contributed by atoms with Gasteiger partial charge in [0.05, 0.1) is 18.4 Å². The number of carbonyl (C=O) groups excluding carboxylic acids is 2. The molecule has 0 fully saturated rings.